The molecule has 9 nitrogen and oxygen atoms in total. The first-order valence-electron chi connectivity index (χ1n) is 9.67. The monoisotopic (exact) mass is 458 g/mol. The van der Waals surface area contributed by atoms with Crippen LogP contribution in [0.15, 0.2) is 28.9 Å². The zero-order valence-corrected chi connectivity index (χ0v) is 18.3. The van der Waals surface area contributed by atoms with Crippen LogP contribution >= 0.6 is 24.8 Å². The van der Waals surface area contributed by atoms with E-state index in [4.69, 9.17) is 10.3 Å². The lowest BCUT2D eigenvalue weighted by Gasteiger charge is -2.36. The molecule has 1 saturated heterocycles. The smallest absolute Gasteiger partial charge is 0.227 e. The van der Waals surface area contributed by atoms with Gasteiger partial charge >= 0.3 is 0 Å². The molecule has 0 aromatic carbocycles. The maximum Gasteiger partial charge on any atom is 0.227 e. The Kier molecular flexibility index (Phi) is 11.3. The molecule has 1 atom stereocenters. The minimum absolute atomic E-state index is 0. The van der Waals surface area contributed by atoms with E-state index in [2.05, 4.69) is 20.4 Å². The number of nitrogens with one attached hydrogen (secondary N) is 1. The maximum absolute atomic E-state index is 12.7. The highest BCUT2D eigenvalue weighted by Crippen LogP contribution is 2.19. The summed E-state index contributed by atoms with van der Waals surface area (Å²) in [5.41, 5.74) is 6.03. The molecule has 2 amide bonds. The van der Waals surface area contributed by atoms with Gasteiger partial charge in [-0.1, -0.05) is 11.2 Å². The molecule has 166 valence electrons. The van der Waals surface area contributed by atoms with Gasteiger partial charge in [0.05, 0.1) is 0 Å². The fourth-order valence-corrected chi connectivity index (χ4v) is 3.31. The van der Waals surface area contributed by atoms with Crippen LogP contribution in [-0.4, -0.2) is 57.5 Å². The van der Waals surface area contributed by atoms with Crippen molar-refractivity contribution < 1.29 is 14.1 Å². The molecular formula is C19H28Cl2N6O3. The van der Waals surface area contributed by atoms with Crippen LogP contribution in [0.5, 0.6) is 0 Å². The van der Waals surface area contributed by atoms with Crippen molar-refractivity contribution in [2.45, 2.75) is 44.6 Å². The number of aromatic nitrogens is 3. The number of halogens is 2. The van der Waals surface area contributed by atoms with Gasteiger partial charge in [-0.15, -0.1) is 24.8 Å². The highest BCUT2D eigenvalue weighted by Gasteiger charge is 2.27. The fourth-order valence-electron chi connectivity index (χ4n) is 3.31. The Morgan fingerprint density at radius 2 is 2.07 bits per heavy atom. The molecule has 3 rings (SSSR count). The summed E-state index contributed by atoms with van der Waals surface area (Å²) in [4.78, 5) is 34.8. The van der Waals surface area contributed by atoms with Gasteiger partial charge in [0, 0.05) is 51.1 Å². The van der Waals surface area contributed by atoms with Gasteiger partial charge < -0.3 is 20.5 Å². The van der Waals surface area contributed by atoms with Gasteiger partial charge in [-0.25, -0.2) is 0 Å². The molecule has 11 heteroatoms. The number of pyridine rings is 1. The second-order valence-corrected chi connectivity index (χ2v) is 6.81. The zero-order chi connectivity index (χ0) is 19.8. The van der Waals surface area contributed by atoms with Crippen LogP contribution in [0, 0.1) is 0 Å². The predicted octanol–water partition coefficient (Wildman–Crippen LogP) is 1.75. The van der Waals surface area contributed by atoms with E-state index in [1.807, 2.05) is 17.0 Å². The normalized spacial score (nSPS) is 15.6. The highest BCUT2D eigenvalue weighted by atomic mass is 35.5. The summed E-state index contributed by atoms with van der Waals surface area (Å²) in [6.07, 6.45) is 5.55. The molecule has 0 bridgehead atoms. The second kappa shape index (κ2) is 13.1. The summed E-state index contributed by atoms with van der Waals surface area (Å²) in [6.45, 7) is 1.50. The van der Waals surface area contributed by atoms with Crippen LogP contribution in [0.3, 0.4) is 0 Å². The molecule has 0 radical (unpaired) electrons. The minimum Gasteiger partial charge on any atom is -0.354 e. The van der Waals surface area contributed by atoms with Crippen LogP contribution in [-0.2, 0) is 16.0 Å². The van der Waals surface area contributed by atoms with Crippen molar-refractivity contribution >= 4 is 36.6 Å². The van der Waals surface area contributed by atoms with E-state index in [0.717, 1.165) is 19.3 Å². The van der Waals surface area contributed by atoms with Gasteiger partial charge in [0.15, 0.2) is 0 Å². The number of amides is 2. The summed E-state index contributed by atoms with van der Waals surface area (Å²) in [5.74, 6) is 0.795. The summed E-state index contributed by atoms with van der Waals surface area (Å²) in [5, 5.41) is 6.80. The molecular weight excluding hydrogens is 431 g/mol. The quantitative estimate of drug-likeness (QED) is 0.616. The standard InChI is InChI=1S/C19H26N6O3.2ClH/c20-10-9-16(26)22-13-14-5-2-4-12-25(14)18(27)8-7-17-23-19(24-28-17)15-6-1-3-11-21-15;;/h1,3,6,11,14H,2,4-5,7-10,12-13,20H2,(H,22,26);2*1H. The molecule has 3 heterocycles. The van der Waals surface area contributed by atoms with Crippen molar-refractivity contribution in [1.29, 1.82) is 0 Å². The Morgan fingerprint density at radius 1 is 1.23 bits per heavy atom. The SMILES string of the molecule is Cl.Cl.NCCC(=O)NCC1CCCCN1C(=O)CCc1nc(-c2ccccn2)no1. The third-order valence-corrected chi connectivity index (χ3v) is 4.77. The second-order valence-electron chi connectivity index (χ2n) is 6.81. The van der Waals surface area contributed by atoms with Crippen molar-refractivity contribution in [3.05, 3.63) is 30.3 Å². The van der Waals surface area contributed by atoms with E-state index < -0.39 is 0 Å². The van der Waals surface area contributed by atoms with Gasteiger partial charge in [0.2, 0.25) is 23.5 Å². The van der Waals surface area contributed by atoms with Crippen molar-refractivity contribution in [1.82, 2.24) is 25.3 Å². The van der Waals surface area contributed by atoms with Crippen LogP contribution in [0.2, 0.25) is 0 Å². The number of nitrogens with two attached hydrogens (primary N) is 1. The van der Waals surface area contributed by atoms with Crippen LogP contribution < -0.4 is 11.1 Å². The Balaban J connectivity index is 0.00000225. The Hall–Kier alpha value is -2.23. The number of nitrogens with zero attached hydrogens (tertiary/aromatic N) is 4. The van der Waals surface area contributed by atoms with Crippen LogP contribution in [0.4, 0.5) is 0 Å². The number of likely N-dealkylation sites (tertiary alicyclic amines) is 1. The first-order valence-corrected chi connectivity index (χ1v) is 9.67. The highest BCUT2D eigenvalue weighted by molar-refractivity contribution is 5.85. The third-order valence-electron chi connectivity index (χ3n) is 4.77. The Morgan fingerprint density at radius 3 is 2.80 bits per heavy atom. The summed E-state index contributed by atoms with van der Waals surface area (Å²) < 4.78 is 5.25. The summed E-state index contributed by atoms with van der Waals surface area (Å²) in [6, 6.07) is 5.49. The number of aryl methyl sites for hydroxylation is 1. The molecule has 1 aliphatic rings. The van der Waals surface area contributed by atoms with E-state index in [-0.39, 0.29) is 49.1 Å². The number of carbonyl (C=O) groups is 2. The average molecular weight is 459 g/mol. The first-order chi connectivity index (χ1) is 13.7. The largest absolute Gasteiger partial charge is 0.354 e. The number of hydrogen-bond donors (Lipinski definition) is 2. The van der Waals surface area contributed by atoms with Crippen molar-refractivity contribution in [2.24, 2.45) is 5.73 Å². The Labute approximate surface area is 188 Å². The molecule has 2 aromatic heterocycles. The van der Waals surface area contributed by atoms with E-state index in [9.17, 15) is 9.59 Å². The van der Waals surface area contributed by atoms with Crippen LogP contribution in [0.25, 0.3) is 11.5 Å². The number of hydrogen-bond acceptors (Lipinski definition) is 7. The first kappa shape index (κ1) is 25.8. The number of piperidine rings is 1. The van der Waals surface area contributed by atoms with E-state index in [0.29, 0.717) is 49.9 Å². The molecule has 2 aromatic rings. The molecule has 3 N–H and O–H groups in total. The van der Waals surface area contributed by atoms with Crippen molar-refractivity contribution in [3.8, 4) is 11.5 Å². The van der Waals surface area contributed by atoms with Gasteiger partial charge in [0.1, 0.15) is 5.69 Å². The molecule has 0 saturated carbocycles. The fraction of sp³-hybridized carbons (Fsp3) is 0.526. The molecule has 30 heavy (non-hydrogen) atoms. The molecule has 1 unspecified atom stereocenters. The van der Waals surface area contributed by atoms with Gasteiger partial charge in [-0.2, -0.15) is 4.98 Å². The van der Waals surface area contributed by atoms with Gasteiger partial charge in [-0.05, 0) is 31.4 Å². The summed E-state index contributed by atoms with van der Waals surface area (Å²) >= 11 is 0. The van der Waals surface area contributed by atoms with Crippen molar-refractivity contribution in [2.75, 3.05) is 19.6 Å². The van der Waals surface area contributed by atoms with E-state index in [1.54, 1.807) is 12.3 Å². The zero-order valence-electron chi connectivity index (χ0n) is 16.7. The molecule has 0 aliphatic carbocycles. The van der Waals surface area contributed by atoms with E-state index >= 15 is 0 Å². The maximum atomic E-state index is 12.7. The van der Waals surface area contributed by atoms with Gasteiger partial charge in [0.25, 0.3) is 0 Å². The van der Waals surface area contributed by atoms with Crippen LogP contribution in [0.1, 0.15) is 38.0 Å². The number of carbonyl (C=O) groups excluding carboxylic acids is 2. The molecule has 0 spiro atoms. The summed E-state index contributed by atoms with van der Waals surface area (Å²) in [7, 11) is 0. The minimum atomic E-state index is -0.0756. The lowest BCUT2D eigenvalue weighted by atomic mass is 10.0. The van der Waals surface area contributed by atoms with E-state index in [1.165, 1.54) is 0 Å². The topological polar surface area (TPSA) is 127 Å². The lowest BCUT2D eigenvalue weighted by molar-refractivity contribution is -0.135. The number of rotatable bonds is 8. The van der Waals surface area contributed by atoms with Crippen molar-refractivity contribution in [3.63, 3.8) is 0 Å². The predicted molar refractivity (Wildman–Crippen MR) is 116 cm³/mol. The molecule has 1 aliphatic heterocycles. The van der Waals surface area contributed by atoms with Gasteiger partial charge in [-0.3, -0.25) is 14.6 Å². The lowest BCUT2D eigenvalue weighted by Crippen LogP contribution is -2.49. The molecule has 1 fully saturated rings. The average Bonchev–Trinajstić information content (AvgIpc) is 3.21. The Bertz CT molecular complexity index is 790. The third kappa shape index (κ3) is 7.23.